The van der Waals surface area contributed by atoms with Crippen LogP contribution >= 0.6 is 0 Å². The van der Waals surface area contributed by atoms with Crippen molar-refractivity contribution in [2.75, 3.05) is 6.61 Å². The molecule has 1 fully saturated rings. The average Bonchev–Trinajstić information content (AvgIpc) is 2.71. The van der Waals surface area contributed by atoms with Crippen LogP contribution in [0.3, 0.4) is 0 Å². The Labute approximate surface area is 186 Å². The summed E-state index contributed by atoms with van der Waals surface area (Å²) in [5.41, 5.74) is 1.60. The van der Waals surface area contributed by atoms with Gasteiger partial charge in [-0.15, -0.1) is 0 Å². The van der Waals surface area contributed by atoms with Crippen molar-refractivity contribution in [1.82, 2.24) is 10.6 Å². The standard InChI is InChI=1S/C25H38N2O4/c1-16(2)22(27-23(29)18-11-13-19(14-12-18)25(4,5)6)24(30)31-15-21(28)26-20-10-8-7-9-17(20)3/h11-14,16-17,20,22H,7-10,15H2,1-6H3,(H,26,28)(H,27,29). The molecule has 2 amide bonds. The lowest BCUT2D eigenvalue weighted by atomic mass is 9.86. The van der Waals surface area contributed by atoms with Gasteiger partial charge in [-0.2, -0.15) is 0 Å². The van der Waals surface area contributed by atoms with Gasteiger partial charge in [0.05, 0.1) is 0 Å². The highest BCUT2D eigenvalue weighted by atomic mass is 16.5. The molecule has 0 radical (unpaired) electrons. The number of esters is 1. The van der Waals surface area contributed by atoms with Gasteiger partial charge < -0.3 is 15.4 Å². The Morgan fingerprint density at radius 2 is 1.68 bits per heavy atom. The van der Waals surface area contributed by atoms with Gasteiger partial charge >= 0.3 is 5.97 Å². The van der Waals surface area contributed by atoms with Crippen LogP contribution in [0.25, 0.3) is 0 Å². The van der Waals surface area contributed by atoms with Crippen LogP contribution in [-0.2, 0) is 19.7 Å². The van der Waals surface area contributed by atoms with Gasteiger partial charge in [-0.3, -0.25) is 9.59 Å². The molecule has 31 heavy (non-hydrogen) atoms. The number of carbonyl (C=O) groups is 3. The van der Waals surface area contributed by atoms with Gasteiger partial charge in [0.25, 0.3) is 11.8 Å². The molecule has 0 spiro atoms. The first-order chi connectivity index (χ1) is 14.5. The zero-order valence-corrected chi connectivity index (χ0v) is 19.8. The van der Waals surface area contributed by atoms with Gasteiger partial charge in [0.15, 0.2) is 6.61 Å². The Hall–Kier alpha value is -2.37. The number of nitrogens with one attached hydrogen (secondary N) is 2. The number of benzene rings is 1. The highest BCUT2D eigenvalue weighted by Gasteiger charge is 2.28. The van der Waals surface area contributed by atoms with Crippen LogP contribution in [0.1, 0.15) is 83.1 Å². The highest BCUT2D eigenvalue weighted by molar-refractivity contribution is 5.97. The van der Waals surface area contributed by atoms with E-state index in [9.17, 15) is 14.4 Å². The summed E-state index contributed by atoms with van der Waals surface area (Å²) < 4.78 is 5.24. The predicted octanol–water partition coefficient (Wildman–Crippen LogP) is 3.98. The van der Waals surface area contributed by atoms with E-state index < -0.39 is 12.0 Å². The third-order valence-electron chi connectivity index (χ3n) is 6.02. The summed E-state index contributed by atoms with van der Waals surface area (Å²) in [6.45, 7) is 11.8. The van der Waals surface area contributed by atoms with E-state index in [-0.39, 0.29) is 35.8 Å². The number of carbonyl (C=O) groups excluding carboxylic acids is 3. The first-order valence-corrected chi connectivity index (χ1v) is 11.4. The largest absolute Gasteiger partial charge is 0.454 e. The Balaban J connectivity index is 1.91. The molecule has 172 valence electrons. The Morgan fingerprint density at radius 3 is 2.23 bits per heavy atom. The topological polar surface area (TPSA) is 84.5 Å². The maximum Gasteiger partial charge on any atom is 0.329 e. The van der Waals surface area contributed by atoms with Crippen LogP contribution in [-0.4, -0.2) is 36.5 Å². The van der Waals surface area contributed by atoms with Gasteiger partial charge in [0.1, 0.15) is 6.04 Å². The van der Waals surface area contributed by atoms with Crippen molar-refractivity contribution >= 4 is 17.8 Å². The van der Waals surface area contributed by atoms with Crippen molar-refractivity contribution in [1.29, 1.82) is 0 Å². The lowest BCUT2D eigenvalue weighted by Gasteiger charge is -2.29. The summed E-state index contributed by atoms with van der Waals surface area (Å²) in [6, 6.07) is 6.69. The molecule has 1 saturated carbocycles. The molecule has 0 bridgehead atoms. The number of hydrogen-bond acceptors (Lipinski definition) is 4. The van der Waals surface area contributed by atoms with Crippen LogP contribution < -0.4 is 10.6 Å². The minimum Gasteiger partial charge on any atom is -0.454 e. The molecule has 0 aliphatic heterocycles. The van der Waals surface area contributed by atoms with E-state index in [4.69, 9.17) is 4.74 Å². The quantitative estimate of drug-likeness (QED) is 0.641. The number of rotatable bonds is 7. The third-order valence-corrected chi connectivity index (χ3v) is 6.02. The van der Waals surface area contributed by atoms with Crippen molar-refractivity contribution in [3.05, 3.63) is 35.4 Å². The zero-order valence-electron chi connectivity index (χ0n) is 19.8. The number of hydrogen-bond donors (Lipinski definition) is 2. The fourth-order valence-electron chi connectivity index (χ4n) is 3.85. The molecule has 6 heteroatoms. The summed E-state index contributed by atoms with van der Waals surface area (Å²) in [5.74, 6) is -0.968. The summed E-state index contributed by atoms with van der Waals surface area (Å²) in [4.78, 5) is 37.5. The fourth-order valence-corrected chi connectivity index (χ4v) is 3.85. The van der Waals surface area contributed by atoms with Gasteiger partial charge in [0, 0.05) is 11.6 Å². The molecule has 1 aromatic rings. The van der Waals surface area contributed by atoms with E-state index in [1.54, 1.807) is 12.1 Å². The van der Waals surface area contributed by atoms with Crippen LogP contribution in [0.2, 0.25) is 0 Å². The van der Waals surface area contributed by atoms with E-state index in [0.717, 1.165) is 24.8 Å². The van der Waals surface area contributed by atoms with Gasteiger partial charge in [-0.1, -0.05) is 66.5 Å². The third kappa shape index (κ3) is 7.37. The summed E-state index contributed by atoms with van der Waals surface area (Å²) in [7, 11) is 0. The molecule has 2 rings (SSSR count). The van der Waals surface area contributed by atoms with Crippen LogP contribution in [0, 0.1) is 11.8 Å². The molecule has 3 unspecified atom stereocenters. The number of ether oxygens (including phenoxy) is 1. The molecule has 0 heterocycles. The Morgan fingerprint density at radius 1 is 1.06 bits per heavy atom. The molecule has 3 atom stereocenters. The van der Waals surface area contributed by atoms with Crippen molar-refractivity contribution < 1.29 is 19.1 Å². The fraction of sp³-hybridized carbons (Fsp3) is 0.640. The van der Waals surface area contributed by atoms with Crippen molar-refractivity contribution in [3.8, 4) is 0 Å². The lowest BCUT2D eigenvalue weighted by Crippen LogP contribution is -2.47. The first kappa shape index (κ1) is 24.9. The molecule has 0 saturated heterocycles. The maximum atomic E-state index is 12.7. The lowest BCUT2D eigenvalue weighted by molar-refractivity contribution is -0.151. The molecule has 2 N–H and O–H groups in total. The van der Waals surface area contributed by atoms with E-state index in [1.807, 2.05) is 26.0 Å². The van der Waals surface area contributed by atoms with Gasteiger partial charge in [-0.25, -0.2) is 4.79 Å². The average molecular weight is 431 g/mol. The van der Waals surface area contributed by atoms with Crippen molar-refractivity contribution in [3.63, 3.8) is 0 Å². The summed E-state index contributed by atoms with van der Waals surface area (Å²) in [5, 5.41) is 5.73. The molecule has 0 aromatic heterocycles. The predicted molar refractivity (Wildman–Crippen MR) is 122 cm³/mol. The molecular weight excluding hydrogens is 392 g/mol. The number of amides is 2. The van der Waals surface area contributed by atoms with E-state index in [1.165, 1.54) is 6.42 Å². The highest BCUT2D eigenvalue weighted by Crippen LogP contribution is 2.24. The van der Waals surface area contributed by atoms with Crippen molar-refractivity contribution in [2.24, 2.45) is 11.8 Å². The van der Waals surface area contributed by atoms with Crippen LogP contribution in [0.15, 0.2) is 24.3 Å². The molecular formula is C25H38N2O4. The molecule has 6 nitrogen and oxygen atoms in total. The van der Waals surface area contributed by atoms with Crippen molar-refractivity contribution in [2.45, 2.75) is 84.7 Å². The van der Waals surface area contributed by atoms with Crippen LogP contribution in [0.5, 0.6) is 0 Å². The van der Waals surface area contributed by atoms with E-state index >= 15 is 0 Å². The van der Waals surface area contributed by atoms with Crippen LogP contribution in [0.4, 0.5) is 0 Å². The Kier molecular flexibility index (Phi) is 8.66. The Bertz CT molecular complexity index is 765. The first-order valence-electron chi connectivity index (χ1n) is 11.4. The monoisotopic (exact) mass is 430 g/mol. The minimum atomic E-state index is -0.823. The van der Waals surface area contributed by atoms with E-state index in [0.29, 0.717) is 11.5 Å². The van der Waals surface area contributed by atoms with E-state index in [2.05, 4.69) is 38.3 Å². The summed E-state index contributed by atoms with van der Waals surface area (Å²) in [6.07, 6.45) is 4.35. The van der Waals surface area contributed by atoms with Gasteiger partial charge in [0.2, 0.25) is 0 Å². The maximum absolute atomic E-state index is 12.7. The SMILES string of the molecule is CC(C)C(NC(=O)c1ccc(C(C)(C)C)cc1)C(=O)OCC(=O)NC1CCCCC1C. The second kappa shape index (κ2) is 10.8. The minimum absolute atomic E-state index is 0.00469. The zero-order chi connectivity index (χ0) is 23.2. The second-order valence-corrected chi connectivity index (χ2v) is 10.1. The molecule has 1 aliphatic rings. The summed E-state index contributed by atoms with van der Waals surface area (Å²) >= 11 is 0. The van der Waals surface area contributed by atoms with Gasteiger partial charge in [-0.05, 0) is 47.8 Å². The molecule has 1 aromatic carbocycles. The normalized spacial score (nSPS) is 20.1. The molecule has 1 aliphatic carbocycles. The smallest absolute Gasteiger partial charge is 0.329 e. The second-order valence-electron chi connectivity index (χ2n) is 10.1.